The zero-order valence-electron chi connectivity index (χ0n) is 14.0. The van der Waals surface area contributed by atoms with E-state index in [4.69, 9.17) is 5.73 Å². The predicted molar refractivity (Wildman–Crippen MR) is 96.7 cm³/mol. The van der Waals surface area contributed by atoms with Gasteiger partial charge in [-0.1, -0.05) is 12.1 Å². The summed E-state index contributed by atoms with van der Waals surface area (Å²) < 4.78 is 4.29. The summed E-state index contributed by atoms with van der Waals surface area (Å²) >= 11 is 0. The molecule has 0 spiro atoms. The van der Waals surface area contributed by atoms with Crippen LogP contribution in [0.5, 0.6) is 0 Å². The van der Waals surface area contributed by atoms with Crippen molar-refractivity contribution in [1.29, 1.82) is 0 Å². The lowest BCUT2D eigenvalue weighted by molar-refractivity contribution is 0.259. The summed E-state index contributed by atoms with van der Waals surface area (Å²) in [7, 11) is 0. The van der Waals surface area contributed by atoms with Gasteiger partial charge in [0.25, 0.3) is 0 Å². The van der Waals surface area contributed by atoms with E-state index >= 15 is 0 Å². The molecule has 0 fully saturated rings. The molecule has 0 aliphatic carbocycles. The number of nitrogens with zero attached hydrogens (tertiary/aromatic N) is 4. The number of hydrogen-bond donors (Lipinski definition) is 2. The van der Waals surface area contributed by atoms with E-state index in [1.165, 1.54) is 0 Å². The van der Waals surface area contributed by atoms with Gasteiger partial charge in [0.05, 0.1) is 11.0 Å². The fraction of sp³-hybridized carbons (Fsp3) is 0.167. The highest BCUT2D eigenvalue weighted by Crippen LogP contribution is 2.23. The number of nitrogens with one attached hydrogen (secondary N) is 1. The molecule has 0 atom stereocenters. The Bertz CT molecular complexity index is 1110. The maximum Gasteiger partial charge on any atom is 0.316 e. The third-order valence-corrected chi connectivity index (χ3v) is 4.34. The Morgan fingerprint density at radius 2 is 1.96 bits per heavy atom. The third kappa shape index (κ3) is 2.59. The Morgan fingerprint density at radius 1 is 1.12 bits per heavy atom. The highest BCUT2D eigenvalue weighted by Gasteiger charge is 2.12. The molecular weight excluding hydrogens is 316 g/mol. The molecule has 2 amide bonds. The summed E-state index contributed by atoms with van der Waals surface area (Å²) in [6.45, 7) is 4.72. The summed E-state index contributed by atoms with van der Waals surface area (Å²) in [6.07, 6.45) is 0. The fourth-order valence-electron chi connectivity index (χ4n) is 3.25. The van der Waals surface area contributed by atoms with E-state index < -0.39 is 6.03 Å². The maximum absolute atomic E-state index is 11.0. The van der Waals surface area contributed by atoms with Crippen LogP contribution in [-0.2, 0) is 6.54 Å². The van der Waals surface area contributed by atoms with E-state index in [0.29, 0.717) is 12.2 Å². The SMILES string of the molecule is Cc1cc2c(ccc3nnc(C)n32)n1Cc1cccc(NC(N)=O)c1. The second-order valence-electron chi connectivity index (χ2n) is 6.11. The Kier molecular flexibility index (Phi) is 3.42. The first-order valence-corrected chi connectivity index (χ1v) is 7.99. The summed E-state index contributed by atoms with van der Waals surface area (Å²) in [6, 6.07) is 13.3. The van der Waals surface area contributed by atoms with Gasteiger partial charge in [-0.3, -0.25) is 4.40 Å². The van der Waals surface area contributed by atoms with Crippen LogP contribution in [0.15, 0.2) is 42.5 Å². The van der Waals surface area contributed by atoms with Crippen LogP contribution in [-0.4, -0.2) is 25.2 Å². The van der Waals surface area contributed by atoms with Gasteiger partial charge >= 0.3 is 6.03 Å². The minimum Gasteiger partial charge on any atom is -0.351 e. The van der Waals surface area contributed by atoms with Crippen LogP contribution in [0.1, 0.15) is 17.1 Å². The normalized spacial score (nSPS) is 11.3. The lowest BCUT2D eigenvalue weighted by Gasteiger charge is -2.10. The number of pyridine rings is 1. The first-order valence-electron chi connectivity index (χ1n) is 7.99. The summed E-state index contributed by atoms with van der Waals surface area (Å²) in [5.41, 5.74) is 11.1. The topological polar surface area (TPSA) is 90.2 Å². The molecule has 0 aliphatic heterocycles. The molecule has 0 unspecified atom stereocenters. The number of aromatic nitrogens is 4. The molecule has 3 aromatic heterocycles. The van der Waals surface area contributed by atoms with Crippen LogP contribution in [0.25, 0.3) is 16.7 Å². The zero-order valence-corrected chi connectivity index (χ0v) is 14.0. The molecular formula is C18H18N6O. The van der Waals surface area contributed by atoms with Crippen molar-refractivity contribution in [1.82, 2.24) is 19.2 Å². The average molecular weight is 334 g/mol. The number of aryl methyl sites for hydroxylation is 2. The quantitative estimate of drug-likeness (QED) is 0.603. The van der Waals surface area contributed by atoms with Crippen LogP contribution >= 0.6 is 0 Å². The Morgan fingerprint density at radius 3 is 2.76 bits per heavy atom. The lowest BCUT2D eigenvalue weighted by Crippen LogP contribution is -2.19. The molecule has 4 aromatic rings. The van der Waals surface area contributed by atoms with Gasteiger partial charge in [0.2, 0.25) is 0 Å². The van der Waals surface area contributed by atoms with Crippen LogP contribution in [0.2, 0.25) is 0 Å². The zero-order chi connectivity index (χ0) is 17.6. The van der Waals surface area contributed by atoms with Crippen LogP contribution in [0.4, 0.5) is 10.5 Å². The first kappa shape index (κ1) is 15.2. The highest BCUT2D eigenvalue weighted by molar-refractivity contribution is 5.87. The Hall–Kier alpha value is -3.35. The van der Waals surface area contributed by atoms with Crippen molar-refractivity contribution in [3.63, 3.8) is 0 Å². The Labute approximate surface area is 144 Å². The second-order valence-corrected chi connectivity index (χ2v) is 6.11. The second kappa shape index (κ2) is 5.62. The van der Waals surface area contributed by atoms with Crippen molar-refractivity contribution < 1.29 is 4.79 Å². The van der Waals surface area contributed by atoms with Gasteiger partial charge in [0, 0.05) is 17.9 Å². The van der Waals surface area contributed by atoms with Gasteiger partial charge in [0.15, 0.2) is 5.65 Å². The largest absolute Gasteiger partial charge is 0.351 e. The molecule has 7 heteroatoms. The van der Waals surface area contributed by atoms with Crippen molar-refractivity contribution in [3.05, 3.63) is 59.5 Å². The number of anilines is 1. The number of carbonyl (C=O) groups excluding carboxylic acids is 1. The van der Waals surface area contributed by atoms with E-state index in [-0.39, 0.29) is 0 Å². The lowest BCUT2D eigenvalue weighted by atomic mass is 10.2. The van der Waals surface area contributed by atoms with E-state index in [2.05, 4.69) is 43.5 Å². The molecule has 3 heterocycles. The van der Waals surface area contributed by atoms with Crippen LogP contribution in [0.3, 0.4) is 0 Å². The number of nitrogens with two attached hydrogens (primary N) is 1. The number of fused-ring (bicyclic) bond motifs is 3. The molecule has 0 saturated carbocycles. The van der Waals surface area contributed by atoms with E-state index in [9.17, 15) is 4.79 Å². The van der Waals surface area contributed by atoms with Gasteiger partial charge in [-0.05, 0) is 49.7 Å². The van der Waals surface area contributed by atoms with E-state index in [0.717, 1.165) is 33.8 Å². The van der Waals surface area contributed by atoms with Crippen LogP contribution in [0, 0.1) is 13.8 Å². The summed E-state index contributed by atoms with van der Waals surface area (Å²) in [4.78, 5) is 11.0. The van der Waals surface area contributed by atoms with Crippen molar-refractivity contribution >= 4 is 28.4 Å². The molecule has 0 radical (unpaired) electrons. The molecule has 4 rings (SSSR count). The number of primary amides is 1. The monoisotopic (exact) mass is 334 g/mol. The molecule has 0 bridgehead atoms. The molecule has 7 nitrogen and oxygen atoms in total. The van der Waals surface area contributed by atoms with Crippen molar-refractivity contribution in [3.8, 4) is 0 Å². The number of rotatable bonds is 3. The molecule has 1 aromatic carbocycles. The van der Waals surface area contributed by atoms with E-state index in [1.54, 1.807) is 0 Å². The van der Waals surface area contributed by atoms with Gasteiger partial charge in [-0.25, -0.2) is 4.79 Å². The molecule has 0 aliphatic rings. The van der Waals surface area contributed by atoms with E-state index in [1.807, 2.05) is 37.3 Å². The molecule has 126 valence electrons. The third-order valence-electron chi connectivity index (χ3n) is 4.34. The fourth-order valence-corrected chi connectivity index (χ4v) is 3.25. The van der Waals surface area contributed by atoms with Crippen molar-refractivity contribution in [2.75, 3.05) is 5.32 Å². The van der Waals surface area contributed by atoms with Gasteiger partial charge in [-0.2, -0.15) is 0 Å². The van der Waals surface area contributed by atoms with Crippen LogP contribution < -0.4 is 11.1 Å². The standard InChI is InChI=1S/C18H18N6O/c1-11-8-16-15(6-7-17-22-21-12(2)24(16)17)23(11)10-13-4-3-5-14(9-13)20-18(19)25/h3-9H,10H2,1-2H3,(H3,19,20,25). The minimum atomic E-state index is -0.565. The number of amides is 2. The molecule has 25 heavy (non-hydrogen) atoms. The first-order chi connectivity index (χ1) is 12.0. The highest BCUT2D eigenvalue weighted by atomic mass is 16.2. The van der Waals surface area contributed by atoms with Crippen molar-refractivity contribution in [2.24, 2.45) is 5.73 Å². The number of carbonyl (C=O) groups is 1. The number of urea groups is 1. The predicted octanol–water partition coefficient (Wildman–Crippen LogP) is 2.84. The van der Waals surface area contributed by atoms with Gasteiger partial charge in [-0.15, -0.1) is 10.2 Å². The Balaban J connectivity index is 1.79. The molecule has 3 N–H and O–H groups in total. The van der Waals surface area contributed by atoms with Crippen molar-refractivity contribution in [2.45, 2.75) is 20.4 Å². The summed E-state index contributed by atoms with van der Waals surface area (Å²) in [5.74, 6) is 0.866. The minimum absolute atomic E-state index is 0.565. The number of benzene rings is 1. The number of hydrogen-bond acceptors (Lipinski definition) is 3. The summed E-state index contributed by atoms with van der Waals surface area (Å²) in [5, 5.41) is 11.0. The maximum atomic E-state index is 11.0. The smallest absolute Gasteiger partial charge is 0.316 e. The average Bonchev–Trinajstić information content (AvgIpc) is 3.08. The molecule has 0 saturated heterocycles. The van der Waals surface area contributed by atoms with Gasteiger partial charge < -0.3 is 15.6 Å². The van der Waals surface area contributed by atoms with Gasteiger partial charge in [0.1, 0.15) is 5.82 Å².